The molecule has 2 N–H and O–H groups in total. The minimum Gasteiger partial charge on any atom is -0.426 e. The number of piperazine rings is 2. The number of nitrogens with one attached hydrogen (secondary N) is 1. The topological polar surface area (TPSA) is 177 Å². The first kappa shape index (κ1) is 62.5. The fourth-order valence-electron chi connectivity index (χ4n) is 7.71. The third-order valence-electron chi connectivity index (χ3n) is 11.3. The lowest BCUT2D eigenvalue weighted by Gasteiger charge is -2.35. The van der Waals surface area contributed by atoms with E-state index in [2.05, 4.69) is 40.1 Å². The molecule has 0 spiro atoms. The van der Waals surface area contributed by atoms with Crippen molar-refractivity contribution in [2.75, 3.05) is 78.5 Å². The van der Waals surface area contributed by atoms with Crippen LogP contribution in [0.15, 0.2) is 36.4 Å². The molecule has 27 heteroatoms. The first-order valence-electron chi connectivity index (χ1n) is 22.4. The Kier molecular flexibility index (Phi) is 25.4. The predicted octanol–water partition coefficient (Wildman–Crippen LogP) is 6.70. The van der Waals surface area contributed by atoms with Crippen LogP contribution in [0.4, 0.5) is 57.5 Å². The number of aliphatic hydroxyl groups is 1. The molecule has 3 amide bonds. The predicted molar refractivity (Wildman–Crippen MR) is 227 cm³/mol. The number of likely N-dealkylation sites (tertiary alicyclic amines) is 2. The summed E-state index contributed by atoms with van der Waals surface area (Å²) in [5, 5.41) is 10.9. The first-order chi connectivity index (χ1) is 33.6. The Bertz CT molecular complexity index is 2050. The van der Waals surface area contributed by atoms with E-state index >= 15 is 0 Å². The van der Waals surface area contributed by atoms with Gasteiger partial charge in [0.1, 0.15) is 0 Å². The maximum Gasteiger partial charge on any atom is 0.434 e. The number of rotatable bonds is 7. The lowest BCUT2D eigenvalue weighted by molar-refractivity contribution is -0.309. The number of nitrogens with zero attached hydrogens (tertiary/aromatic N) is 5. The Labute approximate surface area is 406 Å². The minimum atomic E-state index is -5.75. The minimum absolute atomic E-state index is 0.0500. The Hall–Kier alpha value is -5.59. The van der Waals surface area contributed by atoms with Crippen LogP contribution in [-0.2, 0) is 37.0 Å². The molecule has 4 saturated heterocycles. The third kappa shape index (κ3) is 21.2. The highest BCUT2D eigenvalue weighted by molar-refractivity contribution is 5.96. The van der Waals surface area contributed by atoms with Gasteiger partial charge in [-0.05, 0) is 75.6 Å². The van der Waals surface area contributed by atoms with Crippen molar-refractivity contribution in [1.82, 2.24) is 29.8 Å². The lowest BCUT2D eigenvalue weighted by atomic mass is 10.0. The lowest BCUT2D eigenvalue weighted by Crippen LogP contribution is -2.52. The van der Waals surface area contributed by atoms with Gasteiger partial charge in [0.2, 0.25) is 6.10 Å². The SMILES string of the molecule is Cc1ccc(CN2CCN(C(=O)OC(C(F)(F)F)C(F)(F)F)CC2)c(C(=O)N2CCCCC2)c1.Cc1ccc(CN2CCNCC2)c(C(=O)N2CCCCC2)c1.O=C=O.O=C=O.OC(C(F)(F)F)C(F)(F)F. The van der Waals surface area contributed by atoms with Gasteiger partial charge in [-0.2, -0.15) is 71.9 Å². The molecule has 0 bridgehead atoms. The molecule has 4 aliphatic rings. The molecule has 4 heterocycles. The van der Waals surface area contributed by atoms with Crippen molar-refractivity contribution in [2.45, 2.75) is 102 Å². The van der Waals surface area contributed by atoms with Gasteiger partial charge in [-0.3, -0.25) is 19.4 Å². The van der Waals surface area contributed by atoms with Crippen LogP contribution in [0, 0.1) is 13.8 Å². The zero-order valence-corrected chi connectivity index (χ0v) is 39.2. The zero-order chi connectivity index (χ0) is 54.5. The Morgan fingerprint density at radius 3 is 1.21 bits per heavy atom. The van der Waals surface area contributed by atoms with E-state index in [-0.39, 0.29) is 50.3 Å². The molecule has 0 unspecified atom stereocenters. The van der Waals surface area contributed by atoms with Crippen molar-refractivity contribution >= 4 is 30.2 Å². The molecule has 6 rings (SSSR count). The van der Waals surface area contributed by atoms with E-state index in [0.717, 1.165) is 99.5 Å². The number of piperidine rings is 2. The Morgan fingerprint density at radius 1 is 0.542 bits per heavy atom. The first-order valence-corrected chi connectivity index (χ1v) is 22.4. The maximum atomic E-state index is 13.1. The fraction of sp³-hybridized carbons (Fsp3) is 0.622. The van der Waals surface area contributed by atoms with Crippen LogP contribution < -0.4 is 5.32 Å². The molecule has 2 aromatic rings. The molecule has 2 aromatic carbocycles. The second-order valence-electron chi connectivity index (χ2n) is 16.8. The summed E-state index contributed by atoms with van der Waals surface area (Å²) >= 11 is 0. The Balaban J connectivity index is 0.000000397. The smallest absolute Gasteiger partial charge is 0.426 e. The molecule has 0 aromatic heterocycles. The van der Waals surface area contributed by atoms with Crippen LogP contribution in [0.2, 0.25) is 0 Å². The molecular weight excluding hydrogens is 997 g/mol. The molecule has 15 nitrogen and oxygen atoms in total. The third-order valence-corrected chi connectivity index (χ3v) is 11.3. The highest BCUT2D eigenvalue weighted by atomic mass is 19.4. The van der Waals surface area contributed by atoms with E-state index in [1.165, 1.54) is 17.5 Å². The second kappa shape index (κ2) is 29.2. The quantitative estimate of drug-likeness (QED) is 0.281. The fourth-order valence-corrected chi connectivity index (χ4v) is 7.71. The number of carbonyl (C=O) groups is 3. The van der Waals surface area contributed by atoms with E-state index < -0.39 is 43.0 Å². The van der Waals surface area contributed by atoms with E-state index in [9.17, 15) is 67.1 Å². The average Bonchev–Trinajstić information content (AvgIpc) is 3.32. The number of halogens is 12. The van der Waals surface area contributed by atoms with Gasteiger partial charge in [-0.25, -0.2) is 4.79 Å². The van der Waals surface area contributed by atoms with Crippen molar-refractivity contribution in [1.29, 1.82) is 0 Å². The number of alkyl halides is 12. The van der Waals surface area contributed by atoms with Gasteiger partial charge in [-0.15, -0.1) is 0 Å². The van der Waals surface area contributed by atoms with Crippen LogP contribution in [0.25, 0.3) is 0 Å². The van der Waals surface area contributed by atoms with E-state index in [4.69, 9.17) is 24.3 Å². The molecule has 404 valence electrons. The van der Waals surface area contributed by atoms with E-state index in [1.54, 1.807) is 0 Å². The van der Waals surface area contributed by atoms with Gasteiger partial charge < -0.3 is 29.9 Å². The van der Waals surface area contributed by atoms with Crippen LogP contribution >= 0.6 is 0 Å². The summed E-state index contributed by atoms with van der Waals surface area (Å²) in [6.07, 6.45) is -25.8. The molecule has 4 fully saturated rings. The summed E-state index contributed by atoms with van der Waals surface area (Å²) in [7, 11) is 0. The molecule has 4 aliphatic heterocycles. The highest BCUT2D eigenvalue weighted by Gasteiger charge is 2.60. The number of aliphatic hydroxyl groups excluding tert-OH is 1. The van der Waals surface area contributed by atoms with Crippen molar-refractivity contribution in [3.63, 3.8) is 0 Å². The number of benzene rings is 2. The number of ether oxygens (including phenoxy) is 1. The van der Waals surface area contributed by atoms with Gasteiger partial charge in [0.25, 0.3) is 17.9 Å². The number of hydrogen-bond acceptors (Lipinski definition) is 12. The normalized spacial score (nSPS) is 17.0. The van der Waals surface area contributed by atoms with Crippen LogP contribution in [0.1, 0.15) is 81.5 Å². The summed E-state index contributed by atoms with van der Waals surface area (Å²) in [6.45, 7) is 12.9. The van der Waals surface area contributed by atoms with Crippen LogP contribution in [-0.4, -0.2) is 175 Å². The van der Waals surface area contributed by atoms with Crippen LogP contribution in [0.5, 0.6) is 0 Å². The largest absolute Gasteiger partial charge is 0.434 e. The molecule has 0 aliphatic carbocycles. The molecule has 0 radical (unpaired) electrons. The number of carbonyl (C=O) groups excluding carboxylic acids is 7. The van der Waals surface area contributed by atoms with Crippen molar-refractivity contribution < 1.29 is 96.1 Å². The number of amides is 3. The second-order valence-corrected chi connectivity index (χ2v) is 16.8. The van der Waals surface area contributed by atoms with Crippen molar-refractivity contribution in [3.05, 3.63) is 69.8 Å². The summed E-state index contributed by atoms with van der Waals surface area (Å²) < 4.78 is 146. The van der Waals surface area contributed by atoms with E-state index in [0.29, 0.717) is 25.2 Å². The number of hydrogen-bond donors (Lipinski definition) is 2. The monoisotopic (exact) mass is 1050 g/mol. The molecule has 72 heavy (non-hydrogen) atoms. The molecular formula is C45H56F12N6O9. The number of aryl methyl sites for hydroxylation is 2. The molecule has 0 saturated carbocycles. The van der Waals surface area contributed by atoms with Gasteiger partial charge in [0.05, 0.1) is 0 Å². The van der Waals surface area contributed by atoms with E-state index in [1.807, 2.05) is 39.8 Å². The highest BCUT2D eigenvalue weighted by Crippen LogP contribution is 2.36. The van der Waals surface area contributed by atoms with Crippen molar-refractivity contribution in [2.24, 2.45) is 0 Å². The van der Waals surface area contributed by atoms with Crippen molar-refractivity contribution in [3.8, 4) is 0 Å². The maximum absolute atomic E-state index is 13.1. The summed E-state index contributed by atoms with van der Waals surface area (Å²) in [5.74, 6) is 0.180. The van der Waals surface area contributed by atoms with Gasteiger partial charge >= 0.3 is 43.1 Å². The standard InChI is InChI=1S/C22H27F6N3O3.C18H27N3O.C3H2F6O.2CO2/c1-15-5-6-16(17(13-15)18(32)30-7-3-2-4-8-30)14-29-9-11-31(12-10-29)20(33)34-19(21(23,24)25)22(26,27)28;1-15-5-6-16(14-20-11-7-19-8-12-20)17(13-15)18(22)21-9-3-2-4-10-21;4-2(5,6)1(10)3(7,8)9;2*2-1-3/h5-6,13,19H,2-4,7-12,14H2,1H3;5-6,13,19H,2-4,7-12,14H2,1H3;1,10H;;. The summed E-state index contributed by atoms with van der Waals surface area (Å²) in [6, 6.07) is 11.9. The average molecular weight is 1050 g/mol. The summed E-state index contributed by atoms with van der Waals surface area (Å²) in [4.78, 5) is 79.5. The van der Waals surface area contributed by atoms with Crippen LogP contribution in [0.3, 0.4) is 0 Å². The van der Waals surface area contributed by atoms with Gasteiger partial charge in [0, 0.05) is 103 Å². The Morgan fingerprint density at radius 2 is 0.889 bits per heavy atom. The summed E-state index contributed by atoms with van der Waals surface area (Å²) in [5.41, 5.74) is 5.57. The van der Waals surface area contributed by atoms with Gasteiger partial charge in [0.15, 0.2) is 0 Å². The zero-order valence-electron chi connectivity index (χ0n) is 39.2. The molecule has 0 atom stereocenters. The van der Waals surface area contributed by atoms with Gasteiger partial charge in [-0.1, -0.05) is 35.4 Å².